The highest BCUT2D eigenvalue weighted by Crippen LogP contribution is 2.18. The lowest BCUT2D eigenvalue weighted by atomic mass is 10.1. The minimum Gasteiger partial charge on any atom is -0.478 e. The SMILES string of the molecule is Cc1cc2nc(-c3cccc(C(=O)O)c3)nn2[nH]1. The fourth-order valence-corrected chi connectivity index (χ4v) is 1.81. The van der Waals surface area contributed by atoms with Crippen LogP contribution in [0.1, 0.15) is 16.1 Å². The standard InChI is InChI=1S/C12H10N4O2/c1-7-5-10-13-11(15-16(10)14-7)8-3-2-4-9(6-8)12(17)18/h2-6,14H,1H3,(H,17,18). The Balaban J connectivity index is 2.10. The van der Waals surface area contributed by atoms with E-state index < -0.39 is 5.97 Å². The van der Waals surface area contributed by atoms with Gasteiger partial charge in [0, 0.05) is 17.3 Å². The number of nitrogens with zero attached hydrogens (tertiary/aromatic N) is 3. The molecule has 0 amide bonds. The van der Waals surface area contributed by atoms with E-state index in [-0.39, 0.29) is 5.56 Å². The van der Waals surface area contributed by atoms with Gasteiger partial charge in [0.1, 0.15) is 0 Å². The molecule has 6 heteroatoms. The number of aromatic carboxylic acids is 1. The molecule has 0 aliphatic heterocycles. The van der Waals surface area contributed by atoms with Crippen LogP contribution in [0.3, 0.4) is 0 Å². The first-order chi connectivity index (χ1) is 8.63. The number of hydrogen-bond donors (Lipinski definition) is 2. The summed E-state index contributed by atoms with van der Waals surface area (Å²) in [6.45, 7) is 1.92. The molecule has 2 aromatic heterocycles. The van der Waals surface area contributed by atoms with Gasteiger partial charge < -0.3 is 5.11 Å². The Labute approximate surface area is 102 Å². The van der Waals surface area contributed by atoms with Crippen LogP contribution in [0.2, 0.25) is 0 Å². The van der Waals surface area contributed by atoms with E-state index in [1.165, 1.54) is 6.07 Å². The fourth-order valence-electron chi connectivity index (χ4n) is 1.81. The summed E-state index contributed by atoms with van der Waals surface area (Å²) in [5.74, 6) is -0.457. The van der Waals surface area contributed by atoms with Crippen LogP contribution >= 0.6 is 0 Å². The molecule has 0 saturated heterocycles. The number of aryl methyl sites for hydroxylation is 1. The molecule has 0 spiro atoms. The van der Waals surface area contributed by atoms with Gasteiger partial charge in [0.05, 0.1) is 5.56 Å². The first-order valence-electron chi connectivity index (χ1n) is 5.39. The second-order valence-electron chi connectivity index (χ2n) is 4.03. The summed E-state index contributed by atoms with van der Waals surface area (Å²) in [6.07, 6.45) is 0. The lowest BCUT2D eigenvalue weighted by Gasteiger charge is -1.97. The number of benzene rings is 1. The highest BCUT2D eigenvalue weighted by atomic mass is 16.4. The summed E-state index contributed by atoms with van der Waals surface area (Å²) in [5.41, 5.74) is 2.59. The van der Waals surface area contributed by atoms with E-state index in [1.54, 1.807) is 22.8 Å². The van der Waals surface area contributed by atoms with Gasteiger partial charge in [0.25, 0.3) is 0 Å². The molecule has 0 aliphatic rings. The third-order valence-corrected chi connectivity index (χ3v) is 2.63. The maximum atomic E-state index is 10.9. The van der Waals surface area contributed by atoms with Gasteiger partial charge in [-0.1, -0.05) is 12.1 Å². The van der Waals surface area contributed by atoms with Gasteiger partial charge in [-0.3, -0.25) is 5.10 Å². The molecule has 1 aromatic carbocycles. The van der Waals surface area contributed by atoms with Gasteiger partial charge in [-0.15, -0.1) is 5.10 Å². The smallest absolute Gasteiger partial charge is 0.335 e. The number of carboxylic acid groups (broad SMARTS) is 1. The summed E-state index contributed by atoms with van der Waals surface area (Å²) in [4.78, 5) is 15.2. The van der Waals surface area contributed by atoms with Crippen molar-refractivity contribution in [3.63, 3.8) is 0 Å². The predicted molar refractivity (Wildman–Crippen MR) is 64.5 cm³/mol. The summed E-state index contributed by atoms with van der Waals surface area (Å²) in [6, 6.07) is 8.44. The van der Waals surface area contributed by atoms with Crippen LogP contribution in [0.4, 0.5) is 0 Å². The minimum absolute atomic E-state index is 0.224. The fraction of sp³-hybridized carbons (Fsp3) is 0.0833. The van der Waals surface area contributed by atoms with Crippen LogP contribution in [0, 0.1) is 6.92 Å². The third-order valence-electron chi connectivity index (χ3n) is 2.63. The van der Waals surface area contributed by atoms with Crippen molar-refractivity contribution < 1.29 is 9.90 Å². The maximum absolute atomic E-state index is 10.9. The van der Waals surface area contributed by atoms with Gasteiger partial charge in [0.15, 0.2) is 11.5 Å². The summed E-state index contributed by atoms with van der Waals surface area (Å²) in [5, 5.41) is 16.2. The molecular weight excluding hydrogens is 232 g/mol. The molecule has 2 N–H and O–H groups in total. The Morgan fingerprint density at radius 1 is 1.39 bits per heavy atom. The second-order valence-corrected chi connectivity index (χ2v) is 4.03. The molecular formula is C12H10N4O2. The molecule has 0 saturated carbocycles. The normalized spacial score (nSPS) is 10.9. The second kappa shape index (κ2) is 3.69. The van der Waals surface area contributed by atoms with Crippen molar-refractivity contribution in [1.82, 2.24) is 19.8 Å². The number of carboxylic acids is 1. The number of aromatic amines is 1. The zero-order chi connectivity index (χ0) is 12.7. The summed E-state index contributed by atoms with van der Waals surface area (Å²) in [7, 11) is 0. The minimum atomic E-state index is -0.961. The molecule has 0 radical (unpaired) electrons. The van der Waals surface area contributed by atoms with Gasteiger partial charge in [0.2, 0.25) is 0 Å². The first kappa shape index (κ1) is 10.5. The molecule has 2 heterocycles. The number of hydrogen-bond acceptors (Lipinski definition) is 3. The molecule has 3 aromatic rings. The molecule has 0 atom stereocenters. The number of fused-ring (bicyclic) bond motifs is 1. The molecule has 90 valence electrons. The van der Waals surface area contributed by atoms with E-state index in [0.29, 0.717) is 17.0 Å². The van der Waals surface area contributed by atoms with E-state index >= 15 is 0 Å². The van der Waals surface area contributed by atoms with Crippen LogP contribution < -0.4 is 0 Å². The van der Waals surface area contributed by atoms with E-state index in [9.17, 15) is 4.79 Å². The molecule has 6 nitrogen and oxygen atoms in total. The largest absolute Gasteiger partial charge is 0.478 e. The third kappa shape index (κ3) is 1.64. The van der Waals surface area contributed by atoms with Gasteiger partial charge >= 0.3 is 5.97 Å². The number of nitrogens with one attached hydrogen (secondary N) is 1. The Bertz CT molecular complexity index is 710. The van der Waals surface area contributed by atoms with Crippen LogP contribution in [-0.4, -0.2) is 30.9 Å². The van der Waals surface area contributed by atoms with Gasteiger partial charge in [-0.05, 0) is 19.1 Å². The molecule has 0 fully saturated rings. The molecule has 0 bridgehead atoms. The quantitative estimate of drug-likeness (QED) is 0.716. The van der Waals surface area contributed by atoms with Crippen LogP contribution in [0.25, 0.3) is 17.0 Å². The average Bonchev–Trinajstić information content (AvgIpc) is 2.86. The van der Waals surface area contributed by atoms with E-state index in [4.69, 9.17) is 5.11 Å². The highest BCUT2D eigenvalue weighted by molar-refractivity contribution is 5.89. The highest BCUT2D eigenvalue weighted by Gasteiger charge is 2.10. The Morgan fingerprint density at radius 2 is 2.22 bits per heavy atom. The summed E-state index contributed by atoms with van der Waals surface area (Å²) < 4.78 is 1.57. The van der Waals surface area contributed by atoms with Crippen LogP contribution in [0.5, 0.6) is 0 Å². The van der Waals surface area contributed by atoms with Crippen LogP contribution in [-0.2, 0) is 0 Å². The zero-order valence-corrected chi connectivity index (χ0v) is 9.58. The summed E-state index contributed by atoms with van der Waals surface area (Å²) >= 11 is 0. The zero-order valence-electron chi connectivity index (χ0n) is 9.58. The van der Waals surface area contributed by atoms with E-state index in [1.807, 2.05) is 13.0 Å². The Hall–Kier alpha value is -2.63. The Morgan fingerprint density at radius 3 is 2.94 bits per heavy atom. The number of carbonyl (C=O) groups is 1. The van der Waals surface area contributed by atoms with Crippen molar-refractivity contribution >= 4 is 11.6 Å². The van der Waals surface area contributed by atoms with Crippen molar-refractivity contribution in [2.45, 2.75) is 6.92 Å². The lowest BCUT2D eigenvalue weighted by Crippen LogP contribution is -1.96. The lowest BCUT2D eigenvalue weighted by molar-refractivity contribution is 0.0697. The van der Waals surface area contributed by atoms with Gasteiger partial charge in [-0.2, -0.15) is 4.63 Å². The number of rotatable bonds is 2. The topological polar surface area (TPSA) is 83.3 Å². The van der Waals surface area contributed by atoms with E-state index in [0.717, 1.165) is 5.69 Å². The first-order valence-corrected chi connectivity index (χ1v) is 5.39. The van der Waals surface area contributed by atoms with Crippen molar-refractivity contribution in [3.8, 4) is 11.4 Å². The predicted octanol–water partition coefficient (Wildman–Crippen LogP) is 1.73. The van der Waals surface area contributed by atoms with Crippen molar-refractivity contribution in [2.75, 3.05) is 0 Å². The van der Waals surface area contributed by atoms with E-state index in [2.05, 4.69) is 15.2 Å². The average molecular weight is 242 g/mol. The molecule has 18 heavy (non-hydrogen) atoms. The van der Waals surface area contributed by atoms with Crippen molar-refractivity contribution in [2.24, 2.45) is 0 Å². The van der Waals surface area contributed by atoms with Crippen molar-refractivity contribution in [1.29, 1.82) is 0 Å². The number of aromatic nitrogens is 4. The van der Waals surface area contributed by atoms with Crippen molar-refractivity contribution in [3.05, 3.63) is 41.6 Å². The molecule has 0 unspecified atom stereocenters. The molecule has 3 rings (SSSR count). The monoisotopic (exact) mass is 242 g/mol. The van der Waals surface area contributed by atoms with Crippen LogP contribution in [0.15, 0.2) is 30.3 Å². The molecule has 0 aliphatic carbocycles. The Kier molecular flexibility index (Phi) is 2.16. The van der Waals surface area contributed by atoms with Gasteiger partial charge in [-0.25, -0.2) is 9.78 Å². The number of H-pyrrole nitrogens is 1. The maximum Gasteiger partial charge on any atom is 0.335 e.